The van der Waals surface area contributed by atoms with E-state index in [1.165, 1.54) is 5.56 Å². The van der Waals surface area contributed by atoms with Gasteiger partial charge in [-0.1, -0.05) is 30.3 Å². The molecule has 138 valence electrons. The van der Waals surface area contributed by atoms with Crippen LogP contribution in [-0.2, 0) is 30.6 Å². The van der Waals surface area contributed by atoms with Crippen LogP contribution in [0.1, 0.15) is 30.6 Å². The molecule has 2 unspecified atom stereocenters. The van der Waals surface area contributed by atoms with Crippen molar-refractivity contribution in [3.63, 3.8) is 0 Å². The maximum absolute atomic E-state index is 12.7. The molecule has 2 aliphatic rings. The molecule has 4 rings (SSSR count). The van der Waals surface area contributed by atoms with Crippen molar-refractivity contribution in [3.8, 4) is 0 Å². The van der Waals surface area contributed by atoms with Crippen molar-refractivity contribution >= 4 is 5.91 Å². The van der Waals surface area contributed by atoms with Crippen molar-refractivity contribution in [2.45, 2.75) is 51.2 Å². The van der Waals surface area contributed by atoms with Crippen molar-refractivity contribution in [2.75, 3.05) is 13.1 Å². The average Bonchev–Trinajstić information content (AvgIpc) is 3.20. The molecule has 2 aromatic rings. The molecule has 26 heavy (non-hydrogen) atoms. The Kier molecular flexibility index (Phi) is 4.99. The summed E-state index contributed by atoms with van der Waals surface area (Å²) in [5.41, 5.74) is 7.56. The second-order valence-electron chi connectivity index (χ2n) is 7.22. The Morgan fingerprint density at radius 1 is 1.12 bits per heavy atom. The third kappa shape index (κ3) is 3.64. The van der Waals surface area contributed by atoms with Gasteiger partial charge < -0.3 is 9.47 Å². The van der Waals surface area contributed by atoms with E-state index in [-0.39, 0.29) is 11.9 Å². The second kappa shape index (κ2) is 7.55. The number of nitrogens with zero attached hydrogens (tertiary/aromatic N) is 4. The Bertz CT molecular complexity index is 759. The second-order valence-corrected chi connectivity index (χ2v) is 7.22. The summed E-state index contributed by atoms with van der Waals surface area (Å²) < 4.78 is 2.21. The Morgan fingerprint density at radius 3 is 2.73 bits per heavy atom. The molecule has 1 fully saturated rings. The molecular formula is C19H26N6O. The van der Waals surface area contributed by atoms with E-state index in [4.69, 9.17) is 0 Å². The molecule has 0 aliphatic carbocycles. The summed E-state index contributed by atoms with van der Waals surface area (Å²) in [5, 5.41) is 8.78. The van der Waals surface area contributed by atoms with Gasteiger partial charge in [0.25, 0.3) is 0 Å². The summed E-state index contributed by atoms with van der Waals surface area (Å²) in [5.74, 6) is 2.20. The predicted octanol–water partition coefficient (Wildman–Crippen LogP) is 0.703. The van der Waals surface area contributed by atoms with E-state index in [1.807, 2.05) is 11.0 Å². The van der Waals surface area contributed by atoms with Crippen molar-refractivity contribution < 1.29 is 4.79 Å². The normalized spacial score (nSPS) is 22.9. The number of carbonyl (C=O) groups excluding carboxylic acids is 1. The fourth-order valence-corrected chi connectivity index (χ4v) is 3.79. The van der Waals surface area contributed by atoms with Crippen molar-refractivity contribution in [1.82, 2.24) is 30.5 Å². The van der Waals surface area contributed by atoms with Crippen LogP contribution in [-0.4, -0.2) is 50.7 Å². The first-order valence-electron chi connectivity index (χ1n) is 9.45. The highest BCUT2D eigenvalue weighted by atomic mass is 16.2. The minimum atomic E-state index is -0.119. The quantitative estimate of drug-likeness (QED) is 0.846. The van der Waals surface area contributed by atoms with Crippen LogP contribution in [0.25, 0.3) is 0 Å². The minimum absolute atomic E-state index is 0.119. The summed E-state index contributed by atoms with van der Waals surface area (Å²) in [6.45, 7) is 4.29. The summed E-state index contributed by atoms with van der Waals surface area (Å²) in [6.07, 6.45) is 3.43. The Labute approximate surface area is 153 Å². The number of rotatable bonds is 4. The largest absolute Gasteiger partial charge is 0.339 e. The number of nitrogens with one attached hydrogen (secondary N) is 2. The molecule has 1 saturated heterocycles. The first-order valence-corrected chi connectivity index (χ1v) is 9.45. The van der Waals surface area contributed by atoms with Crippen LogP contribution in [0.4, 0.5) is 0 Å². The van der Waals surface area contributed by atoms with E-state index in [9.17, 15) is 4.79 Å². The zero-order valence-corrected chi connectivity index (χ0v) is 15.2. The fourth-order valence-electron chi connectivity index (χ4n) is 3.79. The molecule has 7 nitrogen and oxygen atoms in total. The zero-order valence-electron chi connectivity index (χ0n) is 15.2. The first-order chi connectivity index (χ1) is 12.7. The highest BCUT2D eigenvalue weighted by Gasteiger charge is 2.31. The monoisotopic (exact) mass is 354 g/mol. The Morgan fingerprint density at radius 2 is 1.96 bits per heavy atom. The lowest BCUT2D eigenvalue weighted by molar-refractivity contribution is -0.133. The first kappa shape index (κ1) is 17.2. The Hall–Kier alpha value is -2.25. The molecule has 2 atom stereocenters. The van der Waals surface area contributed by atoms with Gasteiger partial charge >= 0.3 is 0 Å². The number of hydrogen-bond acceptors (Lipinski definition) is 5. The number of hydrazine groups is 1. The van der Waals surface area contributed by atoms with Gasteiger partial charge in [0.15, 0.2) is 0 Å². The molecule has 0 saturated carbocycles. The van der Waals surface area contributed by atoms with E-state index in [0.29, 0.717) is 12.6 Å². The minimum Gasteiger partial charge on any atom is -0.339 e. The molecule has 2 N–H and O–H groups in total. The van der Waals surface area contributed by atoms with Crippen LogP contribution in [0, 0.1) is 0 Å². The number of fused-ring (bicyclic) bond motifs is 1. The van der Waals surface area contributed by atoms with Crippen LogP contribution >= 0.6 is 0 Å². The fraction of sp³-hybridized carbons (Fsp3) is 0.526. The third-order valence-electron chi connectivity index (χ3n) is 5.29. The maximum Gasteiger partial charge on any atom is 0.241 e. The van der Waals surface area contributed by atoms with E-state index in [2.05, 4.69) is 56.8 Å². The Balaban J connectivity index is 1.39. The maximum atomic E-state index is 12.7. The van der Waals surface area contributed by atoms with Crippen LogP contribution < -0.4 is 10.9 Å². The molecule has 0 spiro atoms. The highest BCUT2D eigenvalue weighted by molar-refractivity contribution is 5.82. The SMILES string of the molecule is CC1CC(C(=O)N2CCc3nnc(CCc4ccccc4)n3CC2)NN1. The standard InChI is InChI=1S/C19H26N6O/c1-14-13-16(21-20-14)19(26)24-10-9-18-23-22-17(25(18)12-11-24)8-7-15-5-3-2-4-6-15/h2-6,14,16,20-21H,7-13H2,1H3. The lowest BCUT2D eigenvalue weighted by Gasteiger charge is -2.23. The van der Waals surface area contributed by atoms with E-state index < -0.39 is 0 Å². The van der Waals surface area contributed by atoms with Gasteiger partial charge in [0, 0.05) is 38.5 Å². The smallest absolute Gasteiger partial charge is 0.241 e. The number of aryl methyl sites for hydroxylation is 2. The van der Waals surface area contributed by atoms with Gasteiger partial charge in [-0.05, 0) is 25.3 Å². The molecule has 0 bridgehead atoms. The molecular weight excluding hydrogens is 328 g/mol. The van der Waals surface area contributed by atoms with Gasteiger partial charge in [0.1, 0.15) is 17.7 Å². The number of aromatic nitrogens is 3. The molecule has 7 heteroatoms. The number of carbonyl (C=O) groups is 1. The topological polar surface area (TPSA) is 75.1 Å². The van der Waals surface area contributed by atoms with Gasteiger partial charge in [-0.25, -0.2) is 5.43 Å². The van der Waals surface area contributed by atoms with Crippen LogP contribution in [0.2, 0.25) is 0 Å². The van der Waals surface area contributed by atoms with E-state index in [1.54, 1.807) is 0 Å². The van der Waals surface area contributed by atoms with Gasteiger partial charge in [0.2, 0.25) is 5.91 Å². The molecule has 2 aliphatic heterocycles. The number of benzene rings is 1. The molecule has 1 aromatic heterocycles. The van der Waals surface area contributed by atoms with Gasteiger partial charge in [0.05, 0.1) is 0 Å². The summed E-state index contributed by atoms with van der Waals surface area (Å²) in [4.78, 5) is 14.7. The summed E-state index contributed by atoms with van der Waals surface area (Å²) in [7, 11) is 0. The summed E-state index contributed by atoms with van der Waals surface area (Å²) >= 11 is 0. The van der Waals surface area contributed by atoms with Gasteiger partial charge in [-0.15, -0.1) is 10.2 Å². The lowest BCUT2D eigenvalue weighted by atomic mass is 10.1. The van der Waals surface area contributed by atoms with Crippen molar-refractivity contribution in [1.29, 1.82) is 0 Å². The van der Waals surface area contributed by atoms with Crippen molar-refractivity contribution in [3.05, 3.63) is 47.5 Å². The average molecular weight is 354 g/mol. The zero-order chi connectivity index (χ0) is 17.9. The van der Waals surface area contributed by atoms with Crippen LogP contribution in [0.3, 0.4) is 0 Å². The third-order valence-corrected chi connectivity index (χ3v) is 5.29. The highest BCUT2D eigenvalue weighted by Crippen LogP contribution is 2.14. The number of hydrogen-bond donors (Lipinski definition) is 2. The van der Waals surface area contributed by atoms with E-state index >= 15 is 0 Å². The predicted molar refractivity (Wildman–Crippen MR) is 98.3 cm³/mol. The van der Waals surface area contributed by atoms with Crippen LogP contribution in [0.5, 0.6) is 0 Å². The molecule has 0 radical (unpaired) electrons. The summed E-state index contributed by atoms with van der Waals surface area (Å²) in [6, 6.07) is 10.7. The molecule has 1 amide bonds. The van der Waals surface area contributed by atoms with Crippen LogP contribution in [0.15, 0.2) is 30.3 Å². The molecule has 3 heterocycles. The van der Waals surface area contributed by atoms with E-state index in [0.717, 1.165) is 50.4 Å². The van der Waals surface area contributed by atoms with Crippen molar-refractivity contribution in [2.24, 2.45) is 0 Å². The van der Waals surface area contributed by atoms with Gasteiger partial charge in [-0.3, -0.25) is 10.2 Å². The van der Waals surface area contributed by atoms with Gasteiger partial charge in [-0.2, -0.15) is 0 Å². The lowest BCUT2D eigenvalue weighted by Crippen LogP contribution is -2.46. The number of amides is 1. The molecule has 1 aromatic carbocycles.